The summed E-state index contributed by atoms with van der Waals surface area (Å²) in [7, 11) is 1.87. The first-order valence-electron chi connectivity index (χ1n) is 5.89. The van der Waals surface area contributed by atoms with Crippen molar-refractivity contribution in [3.05, 3.63) is 46.1 Å². The summed E-state index contributed by atoms with van der Waals surface area (Å²) in [6, 6.07) is 6.51. The third-order valence-corrected chi connectivity index (χ3v) is 2.67. The number of rotatable bonds is 3. The van der Waals surface area contributed by atoms with Crippen LogP contribution in [0.3, 0.4) is 0 Å². The molecule has 0 aliphatic rings. The Hall–Kier alpha value is -2.45. The van der Waals surface area contributed by atoms with E-state index in [4.69, 9.17) is 0 Å². The fraction of sp³-hybridized carbons (Fsp3) is 0.214. The minimum absolute atomic E-state index is 0.0591. The third kappa shape index (κ3) is 2.87. The highest BCUT2D eigenvalue weighted by Gasteiger charge is 2.13. The van der Waals surface area contributed by atoms with Gasteiger partial charge in [0.1, 0.15) is 0 Å². The van der Waals surface area contributed by atoms with E-state index in [-0.39, 0.29) is 5.69 Å². The number of hydrogen-bond donors (Lipinski definition) is 1. The van der Waals surface area contributed by atoms with E-state index < -0.39 is 4.92 Å². The average molecular weight is 255 g/mol. The minimum atomic E-state index is -0.401. The molecule has 0 spiro atoms. The van der Waals surface area contributed by atoms with Crippen molar-refractivity contribution in [1.82, 2.24) is 10.3 Å². The zero-order valence-corrected chi connectivity index (χ0v) is 10.5. The summed E-state index contributed by atoms with van der Waals surface area (Å²) < 4.78 is 0. The quantitative estimate of drug-likeness (QED) is 0.395. The number of nitro benzene ring substituents is 1. The van der Waals surface area contributed by atoms with Crippen LogP contribution in [-0.4, -0.2) is 23.5 Å². The molecule has 5 heteroatoms. The zero-order chi connectivity index (χ0) is 13.7. The van der Waals surface area contributed by atoms with Gasteiger partial charge in [-0.3, -0.25) is 15.1 Å². The Kier molecular flexibility index (Phi) is 4.06. The van der Waals surface area contributed by atoms with Crippen molar-refractivity contribution >= 4 is 16.6 Å². The molecule has 1 aromatic heterocycles. The van der Waals surface area contributed by atoms with Crippen LogP contribution in [0.2, 0.25) is 0 Å². The van der Waals surface area contributed by atoms with Crippen LogP contribution in [0.4, 0.5) is 5.69 Å². The number of nitrogens with zero attached hydrogens (tertiary/aromatic N) is 2. The number of fused-ring (bicyclic) bond motifs is 1. The first-order valence-corrected chi connectivity index (χ1v) is 5.89. The normalized spacial score (nSPS) is 9.95. The Balaban J connectivity index is 2.49. The second-order valence-electron chi connectivity index (χ2n) is 3.94. The molecule has 2 aromatic rings. The number of hydrogen-bond acceptors (Lipinski definition) is 4. The highest BCUT2D eigenvalue weighted by molar-refractivity contribution is 5.92. The molecule has 0 radical (unpaired) electrons. The highest BCUT2D eigenvalue weighted by Crippen LogP contribution is 2.26. The average Bonchev–Trinajstić information content (AvgIpc) is 2.43. The molecule has 0 aliphatic heterocycles. The monoisotopic (exact) mass is 255 g/mol. The van der Waals surface area contributed by atoms with Gasteiger partial charge in [0.05, 0.1) is 21.4 Å². The number of nitrogens with one attached hydrogen (secondary N) is 1. The van der Waals surface area contributed by atoms with E-state index in [1.165, 1.54) is 6.07 Å². The van der Waals surface area contributed by atoms with E-state index in [0.717, 1.165) is 18.5 Å². The molecule has 1 N–H and O–H groups in total. The molecule has 0 fully saturated rings. The molecule has 19 heavy (non-hydrogen) atoms. The molecule has 0 atom stereocenters. The van der Waals surface area contributed by atoms with E-state index >= 15 is 0 Å². The second-order valence-corrected chi connectivity index (χ2v) is 3.94. The van der Waals surface area contributed by atoms with Gasteiger partial charge in [-0.15, -0.1) is 0 Å². The molecule has 1 heterocycles. The maximum atomic E-state index is 11.0. The Bertz CT molecular complexity index is 671. The van der Waals surface area contributed by atoms with Gasteiger partial charge in [-0.05, 0) is 25.2 Å². The third-order valence-electron chi connectivity index (χ3n) is 2.67. The van der Waals surface area contributed by atoms with Crippen molar-refractivity contribution in [2.24, 2.45) is 0 Å². The fourth-order valence-corrected chi connectivity index (χ4v) is 1.76. The molecular formula is C14H13N3O2. The van der Waals surface area contributed by atoms with Crippen molar-refractivity contribution in [3.63, 3.8) is 0 Å². The first kappa shape index (κ1) is 13.0. The summed E-state index contributed by atoms with van der Waals surface area (Å²) in [5.41, 5.74) is 1.36. The molecule has 5 nitrogen and oxygen atoms in total. The summed E-state index contributed by atoms with van der Waals surface area (Å²) in [6.45, 7) is 0.811. The summed E-state index contributed by atoms with van der Waals surface area (Å²) in [5, 5.41) is 14.5. The van der Waals surface area contributed by atoms with Crippen LogP contribution >= 0.6 is 0 Å². The Morgan fingerprint density at radius 3 is 3.00 bits per heavy atom. The number of benzene rings is 1. The van der Waals surface area contributed by atoms with E-state index in [1.807, 2.05) is 7.05 Å². The molecule has 96 valence electrons. The van der Waals surface area contributed by atoms with Crippen molar-refractivity contribution in [1.29, 1.82) is 0 Å². The Morgan fingerprint density at radius 2 is 2.26 bits per heavy atom. The van der Waals surface area contributed by atoms with Gasteiger partial charge in [-0.1, -0.05) is 11.8 Å². The molecular weight excluding hydrogens is 242 g/mol. The summed E-state index contributed by atoms with van der Waals surface area (Å²) >= 11 is 0. The smallest absolute Gasteiger partial charge is 0.278 e. The summed E-state index contributed by atoms with van der Waals surface area (Å²) in [4.78, 5) is 14.8. The topological polar surface area (TPSA) is 68.1 Å². The van der Waals surface area contributed by atoms with Gasteiger partial charge in [0, 0.05) is 25.2 Å². The Labute approximate surface area is 110 Å². The van der Waals surface area contributed by atoms with Gasteiger partial charge in [0.25, 0.3) is 5.69 Å². The number of pyridine rings is 1. The van der Waals surface area contributed by atoms with Crippen LogP contribution in [0.15, 0.2) is 30.5 Å². The lowest BCUT2D eigenvalue weighted by atomic mass is 10.1. The van der Waals surface area contributed by atoms with Gasteiger partial charge in [0.2, 0.25) is 0 Å². The first-order chi connectivity index (χ1) is 9.24. The zero-order valence-electron chi connectivity index (χ0n) is 10.5. The van der Waals surface area contributed by atoms with Gasteiger partial charge >= 0.3 is 0 Å². The molecule has 0 saturated heterocycles. The van der Waals surface area contributed by atoms with Crippen LogP contribution in [0, 0.1) is 22.0 Å². The lowest BCUT2D eigenvalue weighted by Gasteiger charge is -2.00. The molecule has 0 amide bonds. The van der Waals surface area contributed by atoms with Crippen LogP contribution < -0.4 is 5.32 Å². The number of nitro groups is 1. The molecule has 1 aromatic carbocycles. The maximum Gasteiger partial charge on any atom is 0.278 e. The van der Waals surface area contributed by atoms with Crippen LogP contribution in [0.5, 0.6) is 0 Å². The van der Waals surface area contributed by atoms with E-state index in [9.17, 15) is 10.1 Å². The standard InChI is InChI=1S/C14H13N3O2/c1-15-9-3-2-5-11-7-8-13(17(18)19)12-6-4-10-16-14(11)12/h4,6-8,10,15H,3,9H2,1H3. The van der Waals surface area contributed by atoms with Crippen LogP contribution in [-0.2, 0) is 0 Å². The van der Waals surface area contributed by atoms with Crippen molar-refractivity contribution in [2.45, 2.75) is 6.42 Å². The largest absolute Gasteiger partial charge is 0.319 e. The van der Waals surface area contributed by atoms with Crippen LogP contribution in [0.1, 0.15) is 12.0 Å². The van der Waals surface area contributed by atoms with Gasteiger partial charge in [0.15, 0.2) is 0 Å². The van der Waals surface area contributed by atoms with Crippen molar-refractivity contribution in [3.8, 4) is 11.8 Å². The molecule has 0 bridgehead atoms. The summed E-state index contributed by atoms with van der Waals surface area (Å²) in [6.07, 6.45) is 2.34. The minimum Gasteiger partial charge on any atom is -0.319 e. The van der Waals surface area contributed by atoms with Gasteiger partial charge in [-0.2, -0.15) is 0 Å². The van der Waals surface area contributed by atoms with Crippen molar-refractivity contribution < 1.29 is 4.92 Å². The van der Waals surface area contributed by atoms with Crippen molar-refractivity contribution in [2.75, 3.05) is 13.6 Å². The van der Waals surface area contributed by atoms with Gasteiger partial charge < -0.3 is 5.32 Å². The summed E-state index contributed by atoms with van der Waals surface area (Å²) in [5.74, 6) is 6.03. The molecule has 2 rings (SSSR count). The fourth-order valence-electron chi connectivity index (χ4n) is 1.76. The van der Waals surface area contributed by atoms with Gasteiger partial charge in [-0.25, -0.2) is 0 Å². The molecule has 0 saturated carbocycles. The predicted octanol–water partition coefficient (Wildman–Crippen LogP) is 2.10. The highest BCUT2D eigenvalue weighted by atomic mass is 16.6. The van der Waals surface area contributed by atoms with E-state index in [2.05, 4.69) is 22.1 Å². The second kappa shape index (κ2) is 5.94. The lowest BCUT2D eigenvalue weighted by molar-refractivity contribution is -0.383. The SMILES string of the molecule is CNCCC#Cc1ccc([N+](=O)[O-])c2cccnc12. The van der Waals surface area contributed by atoms with E-state index in [1.54, 1.807) is 24.4 Å². The van der Waals surface area contributed by atoms with E-state index in [0.29, 0.717) is 10.9 Å². The van der Waals surface area contributed by atoms with Crippen LogP contribution in [0.25, 0.3) is 10.9 Å². The molecule has 0 aliphatic carbocycles. The maximum absolute atomic E-state index is 11.0. The number of aromatic nitrogens is 1. The molecule has 0 unspecified atom stereocenters. The lowest BCUT2D eigenvalue weighted by Crippen LogP contribution is -2.05. The number of non-ortho nitro benzene ring substituents is 1. The Morgan fingerprint density at radius 1 is 1.42 bits per heavy atom. The predicted molar refractivity (Wildman–Crippen MR) is 73.8 cm³/mol.